The van der Waals surface area contributed by atoms with Gasteiger partial charge >= 0.3 is 0 Å². The van der Waals surface area contributed by atoms with Gasteiger partial charge in [0.15, 0.2) is 0 Å². The third-order valence-electron chi connectivity index (χ3n) is 3.49. The van der Waals surface area contributed by atoms with Crippen LogP contribution in [0.4, 0.5) is 10.1 Å². The van der Waals surface area contributed by atoms with Gasteiger partial charge < -0.3 is 10.2 Å². The number of amides is 1. The quantitative estimate of drug-likeness (QED) is 0.891. The van der Waals surface area contributed by atoms with Crippen molar-refractivity contribution >= 4 is 11.6 Å². The van der Waals surface area contributed by atoms with E-state index < -0.39 is 0 Å². The summed E-state index contributed by atoms with van der Waals surface area (Å²) >= 11 is 0. The maximum Gasteiger partial charge on any atom is 0.226 e. The Morgan fingerprint density at radius 2 is 2.17 bits per heavy atom. The van der Waals surface area contributed by atoms with Gasteiger partial charge in [-0.3, -0.25) is 4.79 Å². The second kappa shape index (κ2) is 5.96. The first-order valence-corrected chi connectivity index (χ1v) is 6.39. The number of nitrogens with one attached hydrogen (secondary N) is 1. The number of benzene rings is 1. The first-order valence-electron chi connectivity index (χ1n) is 6.39. The third-order valence-corrected chi connectivity index (χ3v) is 3.49. The fraction of sp³-hybridized carbons (Fsp3) is 0.500. The van der Waals surface area contributed by atoms with Gasteiger partial charge in [-0.1, -0.05) is 6.07 Å². The number of piperidine rings is 1. The molecule has 1 N–H and O–H groups in total. The van der Waals surface area contributed by atoms with Crippen LogP contribution in [0.25, 0.3) is 0 Å². The minimum Gasteiger partial charge on any atom is -0.317 e. The summed E-state index contributed by atoms with van der Waals surface area (Å²) in [7, 11) is 1.71. The largest absolute Gasteiger partial charge is 0.317 e. The van der Waals surface area contributed by atoms with Crippen LogP contribution < -0.4 is 10.2 Å². The van der Waals surface area contributed by atoms with E-state index in [0.717, 1.165) is 25.9 Å². The van der Waals surface area contributed by atoms with E-state index in [0.29, 0.717) is 18.0 Å². The molecule has 18 heavy (non-hydrogen) atoms. The van der Waals surface area contributed by atoms with Crippen LogP contribution in [-0.4, -0.2) is 26.0 Å². The Labute approximate surface area is 107 Å². The summed E-state index contributed by atoms with van der Waals surface area (Å²) in [5.74, 6) is 0.205. The average Bonchev–Trinajstić information content (AvgIpc) is 2.39. The Morgan fingerprint density at radius 3 is 2.83 bits per heavy atom. The van der Waals surface area contributed by atoms with Crippen LogP contribution in [0.5, 0.6) is 0 Å². The minimum absolute atomic E-state index is 0.0625. The van der Waals surface area contributed by atoms with Gasteiger partial charge in [0, 0.05) is 19.2 Å². The van der Waals surface area contributed by atoms with E-state index in [2.05, 4.69) is 5.32 Å². The Morgan fingerprint density at radius 1 is 1.44 bits per heavy atom. The molecule has 0 radical (unpaired) electrons. The minimum atomic E-state index is -0.311. The molecular weight excluding hydrogens is 231 g/mol. The zero-order valence-electron chi connectivity index (χ0n) is 10.7. The molecule has 1 heterocycles. The summed E-state index contributed by atoms with van der Waals surface area (Å²) < 4.78 is 13.1. The lowest BCUT2D eigenvalue weighted by atomic mass is 9.94. The molecular formula is C14H19FN2O. The van der Waals surface area contributed by atoms with Gasteiger partial charge in [0.05, 0.1) is 0 Å². The summed E-state index contributed by atoms with van der Waals surface area (Å²) in [6, 6.07) is 6.15. The molecule has 0 aromatic heterocycles. The van der Waals surface area contributed by atoms with Gasteiger partial charge in [-0.05, 0) is 50.0 Å². The van der Waals surface area contributed by atoms with Crippen molar-refractivity contribution in [1.29, 1.82) is 0 Å². The van der Waals surface area contributed by atoms with Crippen molar-refractivity contribution in [2.24, 2.45) is 5.92 Å². The predicted octanol–water partition coefficient (Wildman–Crippen LogP) is 2.18. The lowest BCUT2D eigenvalue weighted by molar-refractivity contribution is -0.119. The first kappa shape index (κ1) is 13.0. The maximum atomic E-state index is 13.1. The molecule has 1 aliphatic heterocycles. The second-order valence-corrected chi connectivity index (χ2v) is 4.83. The molecule has 0 spiro atoms. The average molecular weight is 250 g/mol. The van der Waals surface area contributed by atoms with Gasteiger partial charge in [-0.25, -0.2) is 4.39 Å². The summed E-state index contributed by atoms with van der Waals surface area (Å²) in [6.45, 7) is 1.98. The fourth-order valence-corrected chi connectivity index (χ4v) is 2.30. The van der Waals surface area contributed by atoms with Gasteiger partial charge in [-0.15, -0.1) is 0 Å². The highest BCUT2D eigenvalue weighted by atomic mass is 19.1. The summed E-state index contributed by atoms with van der Waals surface area (Å²) in [5.41, 5.74) is 0.619. The Hall–Kier alpha value is -1.42. The predicted molar refractivity (Wildman–Crippen MR) is 70.0 cm³/mol. The number of anilines is 1. The van der Waals surface area contributed by atoms with Crippen LogP contribution in [0, 0.1) is 11.7 Å². The van der Waals surface area contributed by atoms with Crippen LogP contribution in [0.15, 0.2) is 24.3 Å². The van der Waals surface area contributed by atoms with Gasteiger partial charge in [0.2, 0.25) is 5.91 Å². The number of rotatable bonds is 3. The number of hydrogen-bond donors (Lipinski definition) is 1. The van der Waals surface area contributed by atoms with Gasteiger partial charge in [0.25, 0.3) is 0 Å². The highest BCUT2D eigenvalue weighted by Gasteiger charge is 2.19. The van der Waals surface area contributed by atoms with Crippen LogP contribution in [0.3, 0.4) is 0 Å². The summed E-state index contributed by atoms with van der Waals surface area (Å²) in [4.78, 5) is 13.7. The van der Waals surface area contributed by atoms with Crippen molar-refractivity contribution in [2.45, 2.75) is 19.3 Å². The summed E-state index contributed by atoms with van der Waals surface area (Å²) in [5, 5.41) is 3.28. The van der Waals surface area contributed by atoms with Crippen molar-refractivity contribution in [3.63, 3.8) is 0 Å². The van der Waals surface area contributed by atoms with E-state index in [9.17, 15) is 9.18 Å². The maximum absolute atomic E-state index is 13.1. The van der Waals surface area contributed by atoms with E-state index >= 15 is 0 Å². The fourth-order valence-electron chi connectivity index (χ4n) is 2.30. The molecule has 3 nitrogen and oxygen atoms in total. The molecule has 1 aromatic rings. The highest BCUT2D eigenvalue weighted by molar-refractivity contribution is 5.92. The molecule has 2 rings (SSSR count). The molecule has 0 atom stereocenters. The molecule has 1 fully saturated rings. The molecule has 0 unspecified atom stereocenters. The lowest BCUT2D eigenvalue weighted by Crippen LogP contribution is -2.33. The lowest BCUT2D eigenvalue weighted by Gasteiger charge is -2.25. The van der Waals surface area contributed by atoms with Crippen molar-refractivity contribution < 1.29 is 9.18 Å². The van der Waals surface area contributed by atoms with Crippen molar-refractivity contribution in [3.05, 3.63) is 30.1 Å². The molecule has 0 bridgehead atoms. The van der Waals surface area contributed by atoms with E-state index in [1.54, 1.807) is 24.1 Å². The van der Waals surface area contributed by atoms with Crippen LogP contribution in [-0.2, 0) is 4.79 Å². The van der Waals surface area contributed by atoms with Crippen LogP contribution in [0.1, 0.15) is 19.3 Å². The van der Waals surface area contributed by atoms with Crippen molar-refractivity contribution in [2.75, 3.05) is 25.0 Å². The Bertz CT molecular complexity index is 416. The normalized spacial score (nSPS) is 16.6. The molecule has 1 aliphatic rings. The molecule has 0 saturated carbocycles. The SMILES string of the molecule is CN(C(=O)CC1CCNCC1)c1cccc(F)c1. The zero-order valence-corrected chi connectivity index (χ0v) is 10.7. The molecule has 1 amide bonds. The summed E-state index contributed by atoms with van der Waals surface area (Å²) in [6.07, 6.45) is 2.64. The second-order valence-electron chi connectivity index (χ2n) is 4.83. The van der Waals surface area contributed by atoms with E-state index in [4.69, 9.17) is 0 Å². The van der Waals surface area contributed by atoms with Crippen LogP contribution in [0.2, 0.25) is 0 Å². The van der Waals surface area contributed by atoms with Crippen LogP contribution >= 0.6 is 0 Å². The third kappa shape index (κ3) is 3.29. The molecule has 1 saturated heterocycles. The molecule has 1 aromatic carbocycles. The molecule has 4 heteroatoms. The number of hydrogen-bond acceptors (Lipinski definition) is 2. The number of nitrogens with zero attached hydrogens (tertiary/aromatic N) is 1. The first-order chi connectivity index (χ1) is 8.66. The van der Waals surface area contributed by atoms with Gasteiger partial charge in [0.1, 0.15) is 5.82 Å². The number of carbonyl (C=O) groups is 1. The van der Waals surface area contributed by atoms with E-state index in [-0.39, 0.29) is 11.7 Å². The van der Waals surface area contributed by atoms with Crippen molar-refractivity contribution in [3.8, 4) is 0 Å². The smallest absolute Gasteiger partial charge is 0.226 e. The van der Waals surface area contributed by atoms with Gasteiger partial charge in [-0.2, -0.15) is 0 Å². The topological polar surface area (TPSA) is 32.3 Å². The van der Waals surface area contributed by atoms with E-state index in [1.807, 2.05) is 0 Å². The molecule has 0 aliphatic carbocycles. The number of halogens is 1. The van der Waals surface area contributed by atoms with Crippen molar-refractivity contribution in [1.82, 2.24) is 5.32 Å². The standard InChI is InChI=1S/C14H19FN2O/c1-17(13-4-2-3-12(15)10-13)14(18)9-11-5-7-16-8-6-11/h2-4,10-11,16H,5-9H2,1H3. The highest BCUT2D eigenvalue weighted by Crippen LogP contribution is 2.20. The van der Waals surface area contributed by atoms with E-state index in [1.165, 1.54) is 12.1 Å². The number of carbonyl (C=O) groups excluding carboxylic acids is 1. The zero-order chi connectivity index (χ0) is 13.0. The Kier molecular flexibility index (Phi) is 4.31. The Balaban J connectivity index is 1.95. The monoisotopic (exact) mass is 250 g/mol. The molecule has 98 valence electrons.